The molecule has 0 aromatic heterocycles. The summed E-state index contributed by atoms with van der Waals surface area (Å²) >= 11 is 6.30. The van der Waals surface area contributed by atoms with Gasteiger partial charge in [0.25, 0.3) is 5.91 Å². The molecule has 0 radical (unpaired) electrons. The Balaban J connectivity index is 1.60. The highest BCUT2D eigenvalue weighted by atomic mass is 35.5. The van der Waals surface area contributed by atoms with E-state index in [1.807, 2.05) is 32.0 Å². The maximum atomic E-state index is 13.2. The molecule has 1 atom stereocenters. The largest absolute Gasteiger partial charge is 0.486 e. The molecular formula is C23H27ClN2O5S. The van der Waals surface area contributed by atoms with Crippen LogP contribution in [0.3, 0.4) is 0 Å². The van der Waals surface area contributed by atoms with E-state index in [4.69, 9.17) is 21.1 Å². The Kier molecular flexibility index (Phi) is 6.65. The van der Waals surface area contributed by atoms with Crippen LogP contribution in [0.1, 0.15) is 48.7 Å². The van der Waals surface area contributed by atoms with Crippen molar-refractivity contribution in [2.75, 3.05) is 26.3 Å². The number of nitrogens with one attached hydrogen (secondary N) is 1. The van der Waals surface area contributed by atoms with Gasteiger partial charge < -0.3 is 14.8 Å². The van der Waals surface area contributed by atoms with Crippen molar-refractivity contribution < 1.29 is 22.7 Å². The molecule has 1 saturated heterocycles. The molecule has 2 aromatic carbocycles. The van der Waals surface area contributed by atoms with Crippen molar-refractivity contribution in [2.45, 2.75) is 37.6 Å². The minimum absolute atomic E-state index is 0.0665. The number of sulfonamides is 1. The number of amides is 1. The van der Waals surface area contributed by atoms with Crippen molar-refractivity contribution >= 4 is 27.5 Å². The lowest BCUT2D eigenvalue weighted by Crippen LogP contribution is -2.32. The van der Waals surface area contributed by atoms with Gasteiger partial charge in [0.1, 0.15) is 13.2 Å². The van der Waals surface area contributed by atoms with Crippen LogP contribution in [0.15, 0.2) is 41.3 Å². The second kappa shape index (κ2) is 9.29. The van der Waals surface area contributed by atoms with E-state index in [0.29, 0.717) is 37.8 Å². The number of ether oxygens (including phenoxy) is 2. The van der Waals surface area contributed by atoms with Crippen molar-refractivity contribution in [2.24, 2.45) is 5.92 Å². The van der Waals surface area contributed by atoms with E-state index in [1.54, 1.807) is 0 Å². The van der Waals surface area contributed by atoms with Crippen LogP contribution in [0.4, 0.5) is 0 Å². The summed E-state index contributed by atoms with van der Waals surface area (Å²) in [4.78, 5) is 13.3. The van der Waals surface area contributed by atoms with Gasteiger partial charge in [0.15, 0.2) is 11.5 Å². The Labute approximate surface area is 193 Å². The fraction of sp³-hybridized carbons (Fsp3) is 0.435. The van der Waals surface area contributed by atoms with Crippen molar-refractivity contribution in [3.8, 4) is 11.5 Å². The molecular weight excluding hydrogens is 452 g/mol. The number of hydrogen-bond acceptors (Lipinski definition) is 5. The van der Waals surface area contributed by atoms with Gasteiger partial charge in [0.2, 0.25) is 10.0 Å². The molecule has 1 fully saturated rings. The average molecular weight is 479 g/mol. The normalized spacial score (nSPS) is 17.4. The average Bonchev–Trinajstić information content (AvgIpc) is 3.33. The fourth-order valence-electron chi connectivity index (χ4n) is 4.02. The van der Waals surface area contributed by atoms with Gasteiger partial charge in [0, 0.05) is 13.1 Å². The first-order chi connectivity index (χ1) is 15.3. The molecule has 0 spiro atoms. The van der Waals surface area contributed by atoms with E-state index in [0.717, 1.165) is 18.4 Å². The van der Waals surface area contributed by atoms with Crippen molar-refractivity contribution in [3.63, 3.8) is 0 Å². The van der Waals surface area contributed by atoms with E-state index in [2.05, 4.69) is 5.32 Å². The standard InChI is InChI=1S/C23H27ClN2O5S/c1-15(2)22(16-5-8-20-21(13-16)31-12-11-30-20)25-23(27)18-14-17(6-7-19(18)24)32(28,29)26-9-3-4-10-26/h5-8,13-15,22H,3-4,9-12H2,1-2H3,(H,25,27). The summed E-state index contributed by atoms with van der Waals surface area (Å²) < 4.78 is 38.6. The minimum Gasteiger partial charge on any atom is -0.486 e. The highest BCUT2D eigenvalue weighted by Crippen LogP contribution is 2.35. The zero-order chi connectivity index (χ0) is 22.9. The number of rotatable bonds is 6. The first-order valence-electron chi connectivity index (χ1n) is 10.8. The second-order valence-corrected chi connectivity index (χ2v) is 10.7. The van der Waals surface area contributed by atoms with Crippen LogP contribution in [0.2, 0.25) is 5.02 Å². The maximum absolute atomic E-state index is 13.2. The Bertz CT molecular complexity index is 1110. The minimum atomic E-state index is -3.65. The molecule has 7 nitrogen and oxygen atoms in total. The van der Waals surface area contributed by atoms with E-state index >= 15 is 0 Å². The predicted molar refractivity (Wildman–Crippen MR) is 122 cm³/mol. The summed E-state index contributed by atoms with van der Waals surface area (Å²) in [7, 11) is -3.65. The van der Waals surface area contributed by atoms with Crippen LogP contribution in [-0.2, 0) is 10.0 Å². The molecule has 2 aliphatic rings. The van der Waals surface area contributed by atoms with Gasteiger partial charge in [0.05, 0.1) is 21.5 Å². The lowest BCUT2D eigenvalue weighted by atomic mass is 9.95. The second-order valence-electron chi connectivity index (χ2n) is 8.35. The van der Waals surface area contributed by atoms with E-state index in [1.165, 1.54) is 22.5 Å². The first-order valence-corrected chi connectivity index (χ1v) is 12.6. The van der Waals surface area contributed by atoms with Gasteiger partial charge in [-0.2, -0.15) is 4.31 Å². The molecule has 2 aliphatic heterocycles. The maximum Gasteiger partial charge on any atom is 0.253 e. The summed E-state index contributed by atoms with van der Waals surface area (Å²) in [5, 5.41) is 3.22. The molecule has 1 unspecified atom stereocenters. The molecule has 0 aliphatic carbocycles. The molecule has 172 valence electrons. The number of halogens is 1. The monoisotopic (exact) mass is 478 g/mol. The van der Waals surface area contributed by atoms with Crippen LogP contribution in [-0.4, -0.2) is 44.9 Å². The Morgan fingerprint density at radius 2 is 1.72 bits per heavy atom. The summed E-state index contributed by atoms with van der Waals surface area (Å²) in [6.45, 7) is 5.96. The zero-order valence-electron chi connectivity index (χ0n) is 18.1. The molecule has 32 heavy (non-hydrogen) atoms. The predicted octanol–water partition coefficient (Wildman–Crippen LogP) is 4.02. The van der Waals surface area contributed by atoms with Crippen LogP contribution in [0, 0.1) is 5.92 Å². The number of carbonyl (C=O) groups excluding carboxylic acids is 1. The molecule has 9 heteroatoms. The van der Waals surface area contributed by atoms with Crippen LogP contribution >= 0.6 is 11.6 Å². The van der Waals surface area contributed by atoms with Gasteiger partial charge in [-0.3, -0.25) is 4.79 Å². The SMILES string of the molecule is CC(C)C(NC(=O)c1cc(S(=O)(=O)N2CCCC2)ccc1Cl)c1ccc2c(c1)OCCO2. The van der Waals surface area contributed by atoms with Gasteiger partial charge in [-0.1, -0.05) is 31.5 Å². The fourth-order valence-corrected chi connectivity index (χ4v) is 5.77. The number of hydrogen-bond donors (Lipinski definition) is 1. The number of carbonyl (C=O) groups is 1. The van der Waals surface area contributed by atoms with Gasteiger partial charge in [-0.25, -0.2) is 8.42 Å². The van der Waals surface area contributed by atoms with Crippen molar-refractivity contribution in [3.05, 3.63) is 52.5 Å². The Hall–Kier alpha value is -2.29. The smallest absolute Gasteiger partial charge is 0.253 e. The number of benzene rings is 2. The third-order valence-electron chi connectivity index (χ3n) is 5.76. The molecule has 2 aromatic rings. The summed E-state index contributed by atoms with van der Waals surface area (Å²) in [5.41, 5.74) is 1.00. The molecule has 4 rings (SSSR count). The molecule has 1 amide bonds. The lowest BCUT2D eigenvalue weighted by molar-refractivity contribution is 0.0925. The highest BCUT2D eigenvalue weighted by molar-refractivity contribution is 7.89. The molecule has 0 saturated carbocycles. The summed E-state index contributed by atoms with van der Waals surface area (Å²) in [6, 6.07) is 9.56. The van der Waals surface area contributed by atoms with E-state index < -0.39 is 15.9 Å². The van der Waals surface area contributed by atoms with Crippen molar-refractivity contribution in [1.29, 1.82) is 0 Å². The Morgan fingerprint density at radius 3 is 2.41 bits per heavy atom. The number of nitrogens with zero attached hydrogens (tertiary/aromatic N) is 1. The van der Waals surface area contributed by atoms with Crippen LogP contribution in [0.5, 0.6) is 11.5 Å². The highest BCUT2D eigenvalue weighted by Gasteiger charge is 2.29. The molecule has 0 bridgehead atoms. The zero-order valence-corrected chi connectivity index (χ0v) is 19.7. The van der Waals surface area contributed by atoms with Crippen molar-refractivity contribution in [1.82, 2.24) is 9.62 Å². The third kappa shape index (κ3) is 4.58. The van der Waals surface area contributed by atoms with Crippen LogP contribution < -0.4 is 14.8 Å². The van der Waals surface area contributed by atoms with E-state index in [9.17, 15) is 13.2 Å². The number of fused-ring (bicyclic) bond motifs is 1. The summed E-state index contributed by atoms with van der Waals surface area (Å²) in [6.07, 6.45) is 1.68. The summed E-state index contributed by atoms with van der Waals surface area (Å²) in [5.74, 6) is 0.959. The molecule has 2 heterocycles. The van der Waals surface area contributed by atoms with Crippen LogP contribution in [0.25, 0.3) is 0 Å². The first kappa shape index (κ1) is 22.9. The van der Waals surface area contributed by atoms with Gasteiger partial charge in [-0.15, -0.1) is 0 Å². The topological polar surface area (TPSA) is 84.9 Å². The van der Waals surface area contributed by atoms with E-state index in [-0.39, 0.29) is 27.4 Å². The molecule has 1 N–H and O–H groups in total. The Morgan fingerprint density at radius 1 is 1.03 bits per heavy atom. The lowest BCUT2D eigenvalue weighted by Gasteiger charge is -2.26. The third-order valence-corrected chi connectivity index (χ3v) is 7.99. The van der Waals surface area contributed by atoms with Gasteiger partial charge >= 0.3 is 0 Å². The van der Waals surface area contributed by atoms with Gasteiger partial charge in [-0.05, 0) is 54.7 Å². The quantitative estimate of drug-likeness (QED) is 0.677.